The highest BCUT2D eigenvalue weighted by atomic mass is 35.5. The molecule has 0 saturated carbocycles. The maximum atomic E-state index is 12.5. The van der Waals surface area contributed by atoms with E-state index in [9.17, 15) is 18.0 Å². The summed E-state index contributed by atoms with van der Waals surface area (Å²) >= 11 is 5.78. The Morgan fingerprint density at radius 3 is 2.38 bits per heavy atom. The summed E-state index contributed by atoms with van der Waals surface area (Å²) in [4.78, 5) is 24.7. The zero-order valence-corrected chi connectivity index (χ0v) is 14.1. The Morgan fingerprint density at radius 1 is 1.12 bits per heavy atom. The fourth-order valence-corrected chi connectivity index (χ4v) is 4.32. The third-order valence-corrected chi connectivity index (χ3v) is 5.86. The summed E-state index contributed by atoms with van der Waals surface area (Å²) < 4.78 is 25.7. The Bertz CT molecular complexity index is 925. The van der Waals surface area contributed by atoms with Crippen molar-refractivity contribution in [1.82, 2.24) is 4.31 Å². The Hall–Kier alpha value is -2.38. The van der Waals surface area contributed by atoms with Gasteiger partial charge in [0, 0.05) is 10.7 Å². The van der Waals surface area contributed by atoms with Crippen molar-refractivity contribution in [2.75, 3.05) is 5.32 Å². The summed E-state index contributed by atoms with van der Waals surface area (Å²) in [7, 11) is -4.04. The van der Waals surface area contributed by atoms with Gasteiger partial charge in [-0.15, -0.1) is 0 Å². The first kappa shape index (κ1) is 16.5. The molecule has 0 saturated heterocycles. The van der Waals surface area contributed by atoms with Gasteiger partial charge in [-0.3, -0.25) is 9.59 Å². The lowest BCUT2D eigenvalue weighted by atomic mass is 10.2. The van der Waals surface area contributed by atoms with Gasteiger partial charge in [-0.2, -0.15) is 0 Å². The van der Waals surface area contributed by atoms with Crippen LogP contribution in [0.3, 0.4) is 0 Å². The fraction of sp³-hybridized carbons (Fsp3) is 0.125. The molecule has 124 valence electrons. The largest absolute Gasteiger partial charge is 0.324 e. The van der Waals surface area contributed by atoms with Gasteiger partial charge >= 0.3 is 0 Å². The lowest BCUT2D eigenvalue weighted by Crippen LogP contribution is -2.45. The molecule has 1 unspecified atom stereocenters. The van der Waals surface area contributed by atoms with E-state index in [2.05, 4.69) is 5.32 Å². The van der Waals surface area contributed by atoms with E-state index in [1.807, 2.05) is 0 Å². The van der Waals surface area contributed by atoms with Crippen LogP contribution in [0.1, 0.15) is 17.3 Å². The third-order valence-electron chi connectivity index (χ3n) is 3.70. The number of hydrogen-bond donors (Lipinski definition) is 1. The van der Waals surface area contributed by atoms with Crippen molar-refractivity contribution in [3.05, 3.63) is 59.1 Å². The number of amides is 2. The molecule has 2 aromatic rings. The zero-order valence-electron chi connectivity index (χ0n) is 12.6. The lowest BCUT2D eigenvalue weighted by Gasteiger charge is -2.22. The molecule has 0 radical (unpaired) electrons. The van der Waals surface area contributed by atoms with Crippen LogP contribution < -0.4 is 5.32 Å². The normalized spacial score (nSPS) is 16.6. The van der Waals surface area contributed by atoms with Gasteiger partial charge in [0.1, 0.15) is 10.9 Å². The molecule has 0 fully saturated rings. The number of nitrogens with zero attached hydrogens (tertiary/aromatic N) is 1. The molecule has 0 bridgehead atoms. The molecular formula is C16H13ClN2O4S. The van der Waals surface area contributed by atoms with Crippen LogP contribution in [-0.4, -0.2) is 30.6 Å². The molecule has 6 nitrogen and oxygen atoms in total. The molecular weight excluding hydrogens is 352 g/mol. The van der Waals surface area contributed by atoms with Crippen molar-refractivity contribution in [3.8, 4) is 0 Å². The molecule has 8 heteroatoms. The SMILES string of the molecule is CC(C(=O)Nc1ccc(Cl)cc1)N1C(=O)c2ccccc2S1(=O)=O. The molecule has 1 heterocycles. The minimum atomic E-state index is -4.04. The first-order chi connectivity index (χ1) is 11.3. The second-order valence-corrected chi connectivity index (χ2v) is 7.49. The summed E-state index contributed by atoms with van der Waals surface area (Å²) in [5, 5.41) is 3.08. The van der Waals surface area contributed by atoms with E-state index >= 15 is 0 Å². The summed E-state index contributed by atoms with van der Waals surface area (Å²) in [6.45, 7) is 1.37. The van der Waals surface area contributed by atoms with Crippen LogP contribution in [-0.2, 0) is 14.8 Å². The van der Waals surface area contributed by atoms with Gasteiger partial charge in [-0.05, 0) is 43.3 Å². The Balaban J connectivity index is 1.87. The monoisotopic (exact) mass is 364 g/mol. The second-order valence-electron chi connectivity index (χ2n) is 5.27. The van der Waals surface area contributed by atoms with Gasteiger partial charge in [0.05, 0.1) is 5.56 Å². The molecule has 2 aromatic carbocycles. The average Bonchev–Trinajstić information content (AvgIpc) is 2.76. The predicted octanol–water partition coefficient (Wildman–Crippen LogP) is 2.51. The number of sulfonamides is 1. The van der Waals surface area contributed by atoms with E-state index in [4.69, 9.17) is 11.6 Å². The van der Waals surface area contributed by atoms with Gasteiger partial charge in [0.15, 0.2) is 0 Å². The van der Waals surface area contributed by atoms with Crippen LogP contribution in [0.5, 0.6) is 0 Å². The van der Waals surface area contributed by atoms with Crippen LogP contribution >= 0.6 is 11.6 Å². The van der Waals surface area contributed by atoms with Gasteiger partial charge in [0.2, 0.25) is 5.91 Å². The average molecular weight is 365 g/mol. The van der Waals surface area contributed by atoms with E-state index in [-0.39, 0.29) is 10.5 Å². The topological polar surface area (TPSA) is 83.6 Å². The maximum Gasteiger partial charge on any atom is 0.269 e. The van der Waals surface area contributed by atoms with E-state index in [1.54, 1.807) is 30.3 Å². The summed E-state index contributed by atoms with van der Waals surface area (Å²) in [6.07, 6.45) is 0. The van der Waals surface area contributed by atoms with E-state index in [1.165, 1.54) is 25.1 Å². The number of nitrogens with one attached hydrogen (secondary N) is 1. The highest BCUT2D eigenvalue weighted by Crippen LogP contribution is 2.31. The number of anilines is 1. The van der Waals surface area contributed by atoms with Crippen molar-refractivity contribution >= 4 is 39.1 Å². The van der Waals surface area contributed by atoms with Crippen molar-refractivity contribution in [2.24, 2.45) is 0 Å². The molecule has 2 amide bonds. The number of carbonyl (C=O) groups is 2. The van der Waals surface area contributed by atoms with Crippen LogP contribution in [0.2, 0.25) is 5.02 Å². The quantitative estimate of drug-likeness (QED) is 0.907. The second kappa shape index (κ2) is 5.92. The number of carbonyl (C=O) groups excluding carboxylic acids is 2. The highest BCUT2D eigenvalue weighted by molar-refractivity contribution is 7.90. The van der Waals surface area contributed by atoms with Crippen LogP contribution in [0.4, 0.5) is 5.69 Å². The molecule has 24 heavy (non-hydrogen) atoms. The van der Waals surface area contributed by atoms with Crippen LogP contribution in [0, 0.1) is 0 Å². The van der Waals surface area contributed by atoms with Gasteiger partial charge in [0.25, 0.3) is 15.9 Å². The number of hydrogen-bond acceptors (Lipinski definition) is 4. The minimum Gasteiger partial charge on any atom is -0.324 e. The molecule has 0 spiro atoms. The fourth-order valence-electron chi connectivity index (χ4n) is 2.47. The molecule has 1 atom stereocenters. The van der Waals surface area contributed by atoms with Gasteiger partial charge in [-0.1, -0.05) is 23.7 Å². The molecule has 1 aliphatic heterocycles. The van der Waals surface area contributed by atoms with E-state index in [0.717, 1.165) is 0 Å². The van der Waals surface area contributed by atoms with Crippen molar-refractivity contribution in [3.63, 3.8) is 0 Å². The van der Waals surface area contributed by atoms with Crippen molar-refractivity contribution in [1.29, 1.82) is 0 Å². The smallest absolute Gasteiger partial charge is 0.269 e. The molecule has 1 aliphatic rings. The standard InChI is InChI=1S/C16H13ClN2O4S/c1-10(15(20)18-12-8-6-11(17)7-9-12)19-16(21)13-4-2-3-5-14(13)24(19,22)23/h2-10H,1H3,(H,18,20). The predicted molar refractivity (Wildman–Crippen MR) is 89.3 cm³/mol. The Kier molecular flexibility index (Phi) is 4.06. The summed E-state index contributed by atoms with van der Waals surface area (Å²) in [6, 6.07) is 11.1. The Morgan fingerprint density at radius 2 is 1.75 bits per heavy atom. The molecule has 3 rings (SSSR count). The van der Waals surface area contributed by atoms with Gasteiger partial charge in [-0.25, -0.2) is 12.7 Å². The van der Waals surface area contributed by atoms with Crippen molar-refractivity contribution in [2.45, 2.75) is 17.9 Å². The zero-order chi connectivity index (χ0) is 17.5. The molecule has 0 aliphatic carbocycles. The minimum absolute atomic E-state index is 0.0728. The first-order valence-corrected chi connectivity index (χ1v) is 8.88. The molecule has 1 N–H and O–H groups in total. The van der Waals surface area contributed by atoms with Crippen LogP contribution in [0.15, 0.2) is 53.4 Å². The summed E-state index contributed by atoms with van der Waals surface area (Å²) in [5.74, 6) is -1.31. The third kappa shape index (κ3) is 2.65. The lowest BCUT2D eigenvalue weighted by molar-refractivity contribution is -0.118. The number of benzene rings is 2. The number of fused-ring (bicyclic) bond motifs is 1. The number of halogens is 1. The summed E-state index contributed by atoms with van der Waals surface area (Å²) in [5.41, 5.74) is 0.529. The van der Waals surface area contributed by atoms with Gasteiger partial charge < -0.3 is 5.32 Å². The van der Waals surface area contributed by atoms with E-state index in [0.29, 0.717) is 15.0 Å². The van der Waals surface area contributed by atoms with Crippen LogP contribution in [0.25, 0.3) is 0 Å². The first-order valence-electron chi connectivity index (χ1n) is 7.06. The maximum absolute atomic E-state index is 12.5. The highest BCUT2D eigenvalue weighted by Gasteiger charge is 2.45. The Labute approximate surface area is 144 Å². The molecule has 0 aromatic heterocycles. The van der Waals surface area contributed by atoms with E-state index < -0.39 is 27.9 Å². The number of rotatable bonds is 3. The van der Waals surface area contributed by atoms with Crippen molar-refractivity contribution < 1.29 is 18.0 Å².